The Hall–Kier alpha value is -1.12. The summed E-state index contributed by atoms with van der Waals surface area (Å²) < 4.78 is 0. The van der Waals surface area contributed by atoms with E-state index in [1.807, 2.05) is 0 Å². The highest BCUT2D eigenvalue weighted by Gasteiger charge is 2.07. The van der Waals surface area contributed by atoms with Gasteiger partial charge in [0.05, 0.1) is 5.69 Å². The Labute approximate surface area is 96.6 Å². The molecule has 3 heteroatoms. The van der Waals surface area contributed by atoms with Gasteiger partial charge in [0.15, 0.2) is 0 Å². The summed E-state index contributed by atoms with van der Waals surface area (Å²) in [5.41, 5.74) is -0.235. The van der Waals surface area contributed by atoms with Gasteiger partial charge in [-0.3, -0.25) is 9.59 Å². The van der Waals surface area contributed by atoms with Gasteiger partial charge in [-0.25, -0.2) is 0 Å². The smallest absolute Gasteiger partial charge is 0.248 e. The molecule has 0 amide bonds. The van der Waals surface area contributed by atoms with Crippen LogP contribution in [0.5, 0.6) is 0 Å². The Morgan fingerprint density at radius 1 is 1.00 bits per heavy atom. The highest BCUT2D eigenvalue weighted by Crippen LogP contribution is 2.07. The van der Waals surface area contributed by atoms with Crippen molar-refractivity contribution in [3.63, 3.8) is 0 Å². The van der Waals surface area contributed by atoms with Crippen molar-refractivity contribution in [1.82, 2.24) is 0 Å². The van der Waals surface area contributed by atoms with Crippen LogP contribution in [0, 0.1) is 0 Å². The summed E-state index contributed by atoms with van der Waals surface area (Å²) in [6.45, 7) is 3.02. The summed E-state index contributed by atoms with van der Waals surface area (Å²) in [5, 5.41) is 2.99. The van der Waals surface area contributed by atoms with E-state index in [9.17, 15) is 9.59 Å². The molecule has 0 aliphatic rings. The maximum absolute atomic E-state index is 10.9. The number of anilines is 1. The van der Waals surface area contributed by atoms with Crippen LogP contribution in [0.2, 0.25) is 0 Å². The summed E-state index contributed by atoms with van der Waals surface area (Å²) in [6, 6.07) is 1.38. The molecule has 1 aromatic carbocycles. The van der Waals surface area contributed by atoms with Crippen LogP contribution in [-0.2, 0) is 0 Å². The minimum absolute atomic E-state index is 0.358. The number of rotatable bonds is 9. The number of hydrogen-bond acceptors (Lipinski definition) is 3. The van der Waals surface area contributed by atoms with Crippen molar-refractivity contribution in [2.45, 2.75) is 51.9 Å². The monoisotopic (exact) mass is 223 g/mol. The van der Waals surface area contributed by atoms with E-state index in [2.05, 4.69) is 12.2 Å². The summed E-state index contributed by atoms with van der Waals surface area (Å²) in [6.07, 6.45) is 8.81. The molecule has 0 unspecified atom stereocenters. The summed E-state index contributed by atoms with van der Waals surface area (Å²) in [4.78, 5) is 21.5. The van der Waals surface area contributed by atoms with Gasteiger partial charge in [0.2, 0.25) is 10.9 Å². The molecule has 1 aromatic rings. The molecule has 90 valence electrons. The average Bonchev–Trinajstić information content (AvgIpc) is 2.30. The molecular weight excluding hydrogens is 202 g/mol. The van der Waals surface area contributed by atoms with Crippen molar-refractivity contribution in [2.75, 3.05) is 11.9 Å². The molecule has 0 fully saturated rings. The minimum Gasteiger partial charge on any atom is -0.382 e. The minimum atomic E-state index is -0.373. The first kappa shape index (κ1) is 12.9. The molecule has 0 saturated carbocycles. The van der Waals surface area contributed by atoms with Crippen LogP contribution >= 0.6 is 0 Å². The van der Waals surface area contributed by atoms with Gasteiger partial charge in [0.25, 0.3) is 0 Å². The standard InChI is InChI=1S/C13H21NO2/c1-2-3-4-5-6-7-8-9-14-11-10-12(15)13(11)16/h10,14H,2-9H2,1H3. The van der Waals surface area contributed by atoms with Crippen molar-refractivity contribution in [2.24, 2.45) is 0 Å². The van der Waals surface area contributed by atoms with Crippen LogP contribution in [0.15, 0.2) is 15.7 Å². The molecular formula is C13H21NO2. The summed E-state index contributed by atoms with van der Waals surface area (Å²) in [7, 11) is 0. The third-order valence-electron chi connectivity index (χ3n) is 2.84. The molecule has 0 atom stereocenters. The number of unbranched alkanes of at least 4 members (excludes halogenated alkanes) is 6. The molecule has 0 aromatic heterocycles. The second kappa shape index (κ2) is 7.20. The molecule has 0 heterocycles. The topological polar surface area (TPSA) is 46.2 Å². The van der Waals surface area contributed by atoms with Crippen molar-refractivity contribution >= 4 is 5.69 Å². The van der Waals surface area contributed by atoms with Gasteiger partial charge in [-0.05, 0) is 6.42 Å². The zero-order chi connectivity index (χ0) is 11.8. The Bertz CT molecular complexity index is 364. The van der Waals surface area contributed by atoms with Crippen LogP contribution in [0.1, 0.15) is 51.9 Å². The lowest BCUT2D eigenvalue weighted by molar-refractivity contribution is 0.596. The fraction of sp³-hybridized carbons (Fsp3) is 0.692. The Morgan fingerprint density at radius 2 is 1.62 bits per heavy atom. The van der Waals surface area contributed by atoms with Crippen molar-refractivity contribution < 1.29 is 0 Å². The number of hydrogen-bond donors (Lipinski definition) is 1. The summed E-state index contributed by atoms with van der Waals surface area (Å²) in [5.74, 6) is 0. The van der Waals surface area contributed by atoms with Gasteiger partial charge >= 0.3 is 0 Å². The predicted molar refractivity (Wildman–Crippen MR) is 67.8 cm³/mol. The molecule has 0 saturated heterocycles. The second-order valence-corrected chi connectivity index (χ2v) is 4.30. The van der Waals surface area contributed by atoms with Gasteiger partial charge in [-0.1, -0.05) is 45.4 Å². The van der Waals surface area contributed by atoms with Crippen LogP contribution in [-0.4, -0.2) is 6.54 Å². The van der Waals surface area contributed by atoms with Gasteiger partial charge in [-0.2, -0.15) is 0 Å². The predicted octanol–water partition coefficient (Wildman–Crippen LogP) is 2.45. The fourth-order valence-corrected chi connectivity index (χ4v) is 1.75. The van der Waals surface area contributed by atoms with E-state index >= 15 is 0 Å². The SMILES string of the molecule is CCCCCCCCCNc1cc(=O)c1=O. The van der Waals surface area contributed by atoms with E-state index in [0.29, 0.717) is 5.69 Å². The van der Waals surface area contributed by atoms with Crippen molar-refractivity contribution in [1.29, 1.82) is 0 Å². The maximum atomic E-state index is 10.9. The highest BCUT2D eigenvalue weighted by atomic mass is 16.2. The maximum Gasteiger partial charge on any atom is 0.248 e. The third kappa shape index (κ3) is 4.17. The van der Waals surface area contributed by atoms with E-state index in [1.165, 1.54) is 44.6 Å². The first-order valence-electron chi connectivity index (χ1n) is 6.30. The fourth-order valence-electron chi connectivity index (χ4n) is 1.75. The molecule has 0 spiro atoms. The molecule has 0 radical (unpaired) electrons. The largest absolute Gasteiger partial charge is 0.382 e. The lowest BCUT2D eigenvalue weighted by Gasteiger charge is -2.06. The third-order valence-corrected chi connectivity index (χ3v) is 2.84. The molecule has 0 aliphatic carbocycles. The van der Waals surface area contributed by atoms with E-state index in [1.54, 1.807) is 0 Å². The molecule has 0 aliphatic heterocycles. The zero-order valence-electron chi connectivity index (χ0n) is 10.1. The average molecular weight is 223 g/mol. The van der Waals surface area contributed by atoms with E-state index < -0.39 is 0 Å². The first-order chi connectivity index (χ1) is 7.75. The highest BCUT2D eigenvalue weighted by molar-refractivity contribution is 5.46. The molecule has 1 N–H and O–H groups in total. The molecule has 0 bridgehead atoms. The Balaban J connectivity index is 1.91. The van der Waals surface area contributed by atoms with Crippen molar-refractivity contribution in [3.8, 4) is 0 Å². The summed E-state index contributed by atoms with van der Waals surface area (Å²) >= 11 is 0. The van der Waals surface area contributed by atoms with Gasteiger partial charge in [0.1, 0.15) is 0 Å². The molecule has 3 nitrogen and oxygen atoms in total. The van der Waals surface area contributed by atoms with E-state index in [0.717, 1.165) is 13.0 Å². The van der Waals surface area contributed by atoms with Crippen LogP contribution in [0.3, 0.4) is 0 Å². The van der Waals surface area contributed by atoms with Gasteiger partial charge < -0.3 is 5.32 Å². The normalized spacial score (nSPS) is 10.8. The van der Waals surface area contributed by atoms with Crippen LogP contribution in [0.25, 0.3) is 0 Å². The Morgan fingerprint density at radius 3 is 2.19 bits per heavy atom. The van der Waals surface area contributed by atoms with Crippen molar-refractivity contribution in [3.05, 3.63) is 26.5 Å². The lowest BCUT2D eigenvalue weighted by atomic mass is 10.1. The second-order valence-electron chi connectivity index (χ2n) is 4.30. The quantitative estimate of drug-likeness (QED) is 0.516. The van der Waals surface area contributed by atoms with E-state index in [4.69, 9.17) is 0 Å². The van der Waals surface area contributed by atoms with E-state index in [-0.39, 0.29) is 10.9 Å². The van der Waals surface area contributed by atoms with Gasteiger partial charge in [-0.15, -0.1) is 0 Å². The Kier molecular flexibility index (Phi) is 5.83. The molecule has 16 heavy (non-hydrogen) atoms. The lowest BCUT2D eigenvalue weighted by Crippen LogP contribution is -2.32. The van der Waals surface area contributed by atoms with Crippen LogP contribution in [0.4, 0.5) is 5.69 Å². The zero-order valence-corrected chi connectivity index (χ0v) is 10.1. The van der Waals surface area contributed by atoms with Crippen LogP contribution < -0.4 is 16.2 Å². The molecule has 1 rings (SSSR count). The first-order valence-corrected chi connectivity index (χ1v) is 6.30. The number of nitrogens with one attached hydrogen (secondary N) is 1. The van der Waals surface area contributed by atoms with Gasteiger partial charge in [0, 0.05) is 12.6 Å².